The first-order valence-electron chi connectivity index (χ1n) is 14.2. The summed E-state index contributed by atoms with van der Waals surface area (Å²) in [4.78, 5) is 56.8. The average molecular weight is 699 g/mol. The number of aromatic nitrogens is 1. The van der Waals surface area contributed by atoms with Crippen LogP contribution in [-0.4, -0.2) is 53.2 Å². The molecule has 0 aliphatic carbocycles. The first-order valence-corrected chi connectivity index (χ1v) is 15.1. The van der Waals surface area contributed by atoms with Crippen molar-refractivity contribution in [2.45, 2.75) is 38.4 Å². The number of ether oxygens (including phenoxy) is 1. The van der Waals surface area contributed by atoms with Crippen LogP contribution in [-0.2, 0) is 25.3 Å². The van der Waals surface area contributed by atoms with Gasteiger partial charge in [-0.2, -0.15) is 13.2 Å². The lowest BCUT2D eigenvalue weighted by Crippen LogP contribution is -2.42. The highest BCUT2D eigenvalue weighted by molar-refractivity contribution is 6.31. The van der Waals surface area contributed by atoms with Crippen molar-refractivity contribution >= 4 is 64.1 Å². The Morgan fingerprint density at radius 1 is 1.11 bits per heavy atom. The van der Waals surface area contributed by atoms with Gasteiger partial charge in [-0.05, 0) is 54.8 Å². The van der Waals surface area contributed by atoms with Crippen molar-refractivity contribution in [3.8, 4) is 11.1 Å². The summed E-state index contributed by atoms with van der Waals surface area (Å²) in [6, 6.07) is 8.42. The zero-order chi connectivity index (χ0) is 34.5. The van der Waals surface area contributed by atoms with E-state index in [0.717, 1.165) is 11.0 Å². The lowest BCUT2D eigenvalue weighted by molar-refractivity contribution is -0.137. The molecule has 1 aliphatic rings. The number of pyridine rings is 1. The number of hydrogen-bond donors (Lipinski definition) is 3. The van der Waals surface area contributed by atoms with Gasteiger partial charge < -0.3 is 20.3 Å². The quantitative estimate of drug-likeness (QED) is 0.184. The minimum absolute atomic E-state index is 0.193. The lowest BCUT2D eigenvalue weighted by atomic mass is 9.94. The number of benzene rings is 2. The molecule has 0 radical (unpaired) electrons. The summed E-state index contributed by atoms with van der Waals surface area (Å²) in [5.41, 5.74) is -0.524. The van der Waals surface area contributed by atoms with E-state index in [9.17, 15) is 36.7 Å². The summed E-state index contributed by atoms with van der Waals surface area (Å²) < 4.78 is 60.3. The molecule has 16 heteroatoms. The van der Waals surface area contributed by atoms with Crippen LogP contribution >= 0.6 is 23.2 Å². The van der Waals surface area contributed by atoms with E-state index >= 15 is 0 Å². The molecule has 2 heterocycles. The Balaban J connectivity index is 1.75. The van der Waals surface area contributed by atoms with Crippen LogP contribution in [0.2, 0.25) is 5.02 Å². The Hall–Kier alpha value is -4.43. The van der Waals surface area contributed by atoms with Gasteiger partial charge in [0.05, 0.1) is 40.8 Å². The standard InChI is InChI=1S/C31H29Cl2F4N5O5/c1-16-4-3-5-24(42(26(44)14-32)15-25(43)41-28-20(31(35,36)37)8-9-21(33)27(28)34)23-12-17(10-11-38-23)19-7-6-18(39-30(46)47-2)13-22(19)40-29(16)45/h6-13,16,24H,3-5,14-15H2,1-2H3,(H,39,46)(H,40,45)(H,41,43)/t16-,24+/m1/s1. The van der Waals surface area contributed by atoms with E-state index in [1.807, 2.05) is 5.32 Å². The molecule has 1 aromatic heterocycles. The van der Waals surface area contributed by atoms with Crippen molar-refractivity contribution in [2.24, 2.45) is 5.92 Å². The Morgan fingerprint density at radius 3 is 2.53 bits per heavy atom. The van der Waals surface area contributed by atoms with Crippen LogP contribution in [0.25, 0.3) is 11.1 Å². The molecule has 0 unspecified atom stereocenters. The third-order valence-electron chi connectivity index (χ3n) is 7.49. The molecular weight excluding hydrogens is 669 g/mol. The number of amides is 4. The first-order chi connectivity index (χ1) is 22.2. The number of alkyl halides is 4. The maximum absolute atomic E-state index is 14.7. The van der Waals surface area contributed by atoms with E-state index < -0.39 is 70.6 Å². The van der Waals surface area contributed by atoms with E-state index in [1.165, 1.54) is 13.3 Å². The number of methoxy groups -OCH3 is 1. The summed E-state index contributed by atoms with van der Waals surface area (Å²) >= 11 is 11.6. The number of nitrogens with zero attached hydrogens (tertiary/aromatic N) is 2. The van der Waals surface area contributed by atoms with Crippen LogP contribution in [0.5, 0.6) is 0 Å². The normalized spacial score (nSPS) is 16.5. The summed E-state index contributed by atoms with van der Waals surface area (Å²) in [6.45, 7) is 0.900. The lowest BCUT2D eigenvalue weighted by Gasteiger charge is -2.32. The Bertz CT molecular complexity index is 1690. The molecule has 4 amide bonds. The van der Waals surface area contributed by atoms with Crippen molar-refractivity contribution < 1.29 is 41.5 Å². The maximum atomic E-state index is 14.7. The average Bonchev–Trinajstić information content (AvgIpc) is 3.03. The number of halogens is 6. The molecule has 47 heavy (non-hydrogen) atoms. The molecule has 0 saturated carbocycles. The van der Waals surface area contributed by atoms with Gasteiger partial charge in [-0.3, -0.25) is 24.7 Å². The highest BCUT2D eigenvalue weighted by Crippen LogP contribution is 2.39. The summed E-state index contributed by atoms with van der Waals surface area (Å²) in [7, 11) is 1.21. The Morgan fingerprint density at radius 2 is 1.85 bits per heavy atom. The van der Waals surface area contributed by atoms with Gasteiger partial charge >= 0.3 is 12.3 Å². The molecule has 2 bridgehead atoms. The molecule has 2 aromatic carbocycles. The SMILES string of the molecule is COC(=O)Nc1ccc2c(c1)NC(=O)[C@H](C)CCC[C@H](N(CC(=O)Nc1c(C(F)(F)F)ccc(Cl)c1F)C(=O)CCl)c1cc-2ccn1. The van der Waals surface area contributed by atoms with E-state index in [-0.39, 0.29) is 12.3 Å². The highest BCUT2D eigenvalue weighted by Gasteiger charge is 2.37. The number of carbonyl (C=O) groups is 4. The van der Waals surface area contributed by atoms with Gasteiger partial charge in [0.2, 0.25) is 17.7 Å². The van der Waals surface area contributed by atoms with Crippen molar-refractivity contribution in [2.75, 3.05) is 35.5 Å². The number of anilines is 3. The van der Waals surface area contributed by atoms with Gasteiger partial charge in [0.15, 0.2) is 5.82 Å². The van der Waals surface area contributed by atoms with Crippen molar-refractivity contribution in [3.63, 3.8) is 0 Å². The van der Waals surface area contributed by atoms with Crippen LogP contribution in [0.4, 0.5) is 39.4 Å². The third kappa shape index (κ3) is 8.49. The molecule has 10 nitrogen and oxygen atoms in total. The van der Waals surface area contributed by atoms with Crippen LogP contribution in [0.15, 0.2) is 48.7 Å². The second-order valence-electron chi connectivity index (χ2n) is 10.7. The molecular formula is C31H29Cl2F4N5O5. The molecule has 3 aromatic rings. The Labute approximate surface area is 276 Å². The predicted molar refractivity (Wildman–Crippen MR) is 168 cm³/mol. The zero-order valence-corrected chi connectivity index (χ0v) is 26.5. The number of fused-ring (bicyclic) bond motifs is 4. The van der Waals surface area contributed by atoms with E-state index in [1.54, 1.807) is 37.3 Å². The van der Waals surface area contributed by atoms with Gasteiger partial charge in [-0.15, -0.1) is 11.6 Å². The van der Waals surface area contributed by atoms with Crippen molar-refractivity contribution in [3.05, 3.63) is 70.8 Å². The summed E-state index contributed by atoms with van der Waals surface area (Å²) in [5, 5.41) is 6.73. The molecule has 0 fully saturated rings. The van der Waals surface area contributed by atoms with Crippen molar-refractivity contribution in [1.29, 1.82) is 0 Å². The van der Waals surface area contributed by atoms with Gasteiger partial charge in [0, 0.05) is 23.4 Å². The molecule has 0 spiro atoms. The van der Waals surface area contributed by atoms with Gasteiger partial charge in [0.25, 0.3) is 0 Å². The topological polar surface area (TPSA) is 130 Å². The summed E-state index contributed by atoms with van der Waals surface area (Å²) in [6.07, 6.45) is -3.39. The number of hydrogen-bond acceptors (Lipinski definition) is 6. The summed E-state index contributed by atoms with van der Waals surface area (Å²) in [5.74, 6) is -4.77. The fourth-order valence-electron chi connectivity index (χ4n) is 5.10. The monoisotopic (exact) mass is 697 g/mol. The second-order valence-corrected chi connectivity index (χ2v) is 11.3. The number of rotatable bonds is 6. The van der Waals surface area contributed by atoms with Gasteiger partial charge in [0.1, 0.15) is 12.4 Å². The first kappa shape index (κ1) is 35.4. The fraction of sp³-hybridized carbons (Fsp3) is 0.323. The maximum Gasteiger partial charge on any atom is 0.418 e. The molecule has 1 aliphatic heterocycles. The molecule has 3 N–H and O–H groups in total. The molecule has 2 atom stereocenters. The minimum Gasteiger partial charge on any atom is -0.453 e. The second kappa shape index (κ2) is 15.0. The van der Waals surface area contributed by atoms with Crippen LogP contribution in [0.1, 0.15) is 43.5 Å². The largest absolute Gasteiger partial charge is 0.453 e. The minimum atomic E-state index is -5.02. The zero-order valence-electron chi connectivity index (χ0n) is 25.0. The number of nitrogens with one attached hydrogen (secondary N) is 3. The fourth-order valence-corrected chi connectivity index (χ4v) is 5.41. The van der Waals surface area contributed by atoms with E-state index in [0.29, 0.717) is 47.1 Å². The molecule has 4 rings (SSSR count). The highest BCUT2D eigenvalue weighted by atomic mass is 35.5. The van der Waals surface area contributed by atoms with Gasteiger partial charge in [-0.25, -0.2) is 9.18 Å². The van der Waals surface area contributed by atoms with Crippen LogP contribution in [0.3, 0.4) is 0 Å². The number of carbonyl (C=O) groups excluding carboxylic acids is 4. The van der Waals surface area contributed by atoms with E-state index in [4.69, 9.17) is 23.2 Å². The van der Waals surface area contributed by atoms with Crippen LogP contribution < -0.4 is 16.0 Å². The van der Waals surface area contributed by atoms with Crippen LogP contribution in [0, 0.1) is 11.7 Å². The third-order valence-corrected chi connectivity index (χ3v) is 8.02. The van der Waals surface area contributed by atoms with Gasteiger partial charge in [-0.1, -0.05) is 31.0 Å². The smallest absolute Gasteiger partial charge is 0.418 e. The molecule has 250 valence electrons. The predicted octanol–water partition coefficient (Wildman–Crippen LogP) is 7.24. The Kier molecular flexibility index (Phi) is 11.3. The van der Waals surface area contributed by atoms with E-state index in [2.05, 4.69) is 20.4 Å². The van der Waals surface area contributed by atoms with Crippen molar-refractivity contribution in [1.82, 2.24) is 9.88 Å². The molecule has 0 saturated heterocycles.